The SMILES string of the molecule is COc1ccc(C(OCC2OC(n3cnc4c(=O)n(Cc5ccccc5[N+](=O)[O-])nnc43)C(O)C2O)(c2ccccc2)c2ccc(OC)cc2)cc1. The third-order valence-corrected chi connectivity index (χ3v) is 9.21. The number of imidazole rings is 1. The third kappa shape index (κ3) is 6.15. The Morgan fingerprint density at radius 1 is 0.846 bits per heavy atom. The average molecular weight is 707 g/mol. The number of hydrogen-bond donors (Lipinski definition) is 2. The van der Waals surface area contributed by atoms with E-state index in [1.54, 1.807) is 20.3 Å². The zero-order chi connectivity index (χ0) is 36.4. The van der Waals surface area contributed by atoms with Crippen LogP contribution in [0.5, 0.6) is 11.5 Å². The molecule has 1 aliphatic heterocycles. The van der Waals surface area contributed by atoms with E-state index in [0.29, 0.717) is 11.5 Å². The van der Waals surface area contributed by atoms with Crippen molar-refractivity contribution >= 4 is 16.9 Å². The Balaban J connectivity index is 1.20. The molecule has 2 N–H and O–H groups in total. The number of nitro groups is 1. The van der Waals surface area contributed by atoms with Crippen LogP contribution in [0.4, 0.5) is 5.69 Å². The van der Waals surface area contributed by atoms with Gasteiger partial charge >= 0.3 is 0 Å². The Labute approximate surface area is 296 Å². The lowest BCUT2D eigenvalue weighted by atomic mass is 9.80. The Hall–Kier alpha value is -6.00. The standard InChI is InChI=1S/C37H34N6O9/c1-49-27-16-12-25(13-17-27)37(24-9-4-3-5-10-24,26-14-18-28(50-2)19-15-26)51-21-30-32(44)33(45)36(52-30)41-22-38-31-34(41)39-40-42(35(31)46)20-23-8-6-7-11-29(23)43(47)48/h3-19,22,30,32-33,36,44-45H,20-21H2,1-2H3. The summed E-state index contributed by atoms with van der Waals surface area (Å²) in [6.45, 7) is -0.388. The van der Waals surface area contributed by atoms with Crippen molar-refractivity contribution in [2.75, 3.05) is 20.8 Å². The van der Waals surface area contributed by atoms with Crippen LogP contribution in [-0.4, -0.2) is 78.8 Å². The van der Waals surface area contributed by atoms with Gasteiger partial charge < -0.3 is 29.2 Å². The monoisotopic (exact) mass is 706 g/mol. The van der Waals surface area contributed by atoms with Crippen molar-refractivity contribution in [1.29, 1.82) is 0 Å². The summed E-state index contributed by atoms with van der Waals surface area (Å²) in [7, 11) is 3.17. The summed E-state index contributed by atoms with van der Waals surface area (Å²) in [6.07, 6.45) is -3.85. The van der Waals surface area contributed by atoms with E-state index in [9.17, 15) is 25.1 Å². The van der Waals surface area contributed by atoms with E-state index >= 15 is 0 Å². The quantitative estimate of drug-likeness (QED) is 0.107. The molecule has 4 aromatic carbocycles. The molecule has 1 saturated heterocycles. The summed E-state index contributed by atoms with van der Waals surface area (Å²) in [5, 5.41) is 42.2. The van der Waals surface area contributed by atoms with Crippen molar-refractivity contribution in [3.05, 3.63) is 152 Å². The molecule has 3 heterocycles. The van der Waals surface area contributed by atoms with E-state index in [0.717, 1.165) is 21.4 Å². The molecule has 0 saturated carbocycles. The van der Waals surface area contributed by atoms with Gasteiger partial charge in [0.25, 0.3) is 11.2 Å². The zero-order valence-electron chi connectivity index (χ0n) is 28.1. The third-order valence-electron chi connectivity index (χ3n) is 9.21. The number of ether oxygens (including phenoxy) is 4. The van der Waals surface area contributed by atoms with Crippen LogP contribution in [0.2, 0.25) is 0 Å². The number of aliphatic hydroxyl groups is 2. The second-order valence-electron chi connectivity index (χ2n) is 12.1. The van der Waals surface area contributed by atoms with Gasteiger partial charge in [-0.05, 0) is 41.0 Å². The number of nitro benzene ring substituents is 1. The summed E-state index contributed by atoms with van der Waals surface area (Å²) < 4.78 is 26.2. The van der Waals surface area contributed by atoms with Gasteiger partial charge in [-0.25, -0.2) is 9.67 Å². The molecule has 15 heteroatoms. The molecule has 266 valence electrons. The van der Waals surface area contributed by atoms with Crippen molar-refractivity contribution in [2.24, 2.45) is 0 Å². The summed E-state index contributed by atoms with van der Waals surface area (Å²) in [4.78, 5) is 28.5. The van der Waals surface area contributed by atoms with Crippen LogP contribution < -0.4 is 15.0 Å². The Kier molecular flexibility index (Phi) is 9.49. The number of nitrogens with zero attached hydrogens (tertiary/aromatic N) is 6. The molecular formula is C37H34N6O9. The first-order chi connectivity index (χ1) is 25.2. The van der Waals surface area contributed by atoms with E-state index in [1.165, 1.54) is 29.1 Å². The molecule has 6 aromatic rings. The maximum absolute atomic E-state index is 13.4. The van der Waals surface area contributed by atoms with Gasteiger partial charge in [-0.1, -0.05) is 78.0 Å². The summed E-state index contributed by atoms with van der Waals surface area (Å²) in [5.41, 5.74) is 0.463. The maximum Gasteiger partial charge on any atom is 0.298 e. The second-order valence-corrected chi connectivity index (χ2v) is 12.1. The van der Waals surface area contributed by atoms with Gasteiger partial charge in [0.1, 0.15) is 35.4 Å². The maximum atomic E-state index is 13.4. The fourth-order valence-electron chi connectivity index (χ4n) is 6.52. The van der Waals surface area contributed by atoms with E-state index in [1.807, 2.05) is 78.9 Å². The Bertz CT molecular complexity index is 2200. The van der Waals surface area contributed by atoms with Gasteiger partial charge in [0.05, 0.1) is 44.2 Å². The first-order valence-corrected chi connectivity index (χ1v) is 16.3. The molecule has 52 heavy (non-hydrogen) atoms. The molecule has 0 amide bonds. The number of hydrogen-bond acceptors (Lipinski definition) is 12. The molecule has 7 rings (SSSR count). The number of aromatic nitrogens is 5. The Morgan fingerprint density at radius 3 is 2.06 bits per heavy atom. The van der Waals surface area contributed by atoms with Gasteiger partial charge in [-0.3, -0.25) is 19.5 Å². The summed E-state index contributed by atoms with van der Waals surface area (Å²) in [6, 6.07) is 30.5. The van der Waals surface area contributed by atoms with Crippen LogP contribution in [0.25, 0.3) is 11.2 Å². The largest absolute Gasteiger partial charge is 0.497 e. The average Bonchev–Trinajstić information content (AvgIpc) is 3.74. The minimum absolute atomic E-state index is 0.00303. The minimum Gasteiger partial charge on any atom is -0.497 e. The van der Waals surface area contributed by atoms with Gasteiger partial charge in [0.2, 0.25) is 0 Å². The molecular weight excluding hydrogens is 672 g/mol. The van der Waals surface area contributed by atoms with E-state index in [4.69, 9.17) is 18.9 Å². The number of methoxy groups -OCH3 is 2. The highest BCUT2D eigenvalue weighted by Gasteiger charge is 2.47. The normalized spacial score (nSPS) is 18.8. The molecule has 1 fully saturated rings. The van der Waals surface area contributed by atoms with Crippen LogP contribution in [0.1, 0.15) is 28.5 Å². The fraction of sp³-hybridized carbons (Fsp3) is 0.243. The molecule has 0 aliphatic carbocycles. The summed E-state index contributed by atoms with van der Waals surface area (Å²) in [5.74, 6) is 1.31. The smallest absolute Gasteiger partial charge is 0.298 e. The second kappa shape index (κ2) is 14.3. The van der Waals surface area contributed by atoms with Crippen molar-refractivity contribution in [3.8, 4) is 11.5 Å². The van der Waals surface area contributed by atoms with Crippen LogP contribution in [-0.2, 0) is 21.6 Å². The zero-order valence-corrected chi connectivity index (χ0v) is 28.1. The molecule has 0 bridgehead atoms. The first kappa shape index (κ1) is 34.4. The lowest BCUT2D eigenvalue weighted by Gasteiger charge is -2.37. The van der Waals surface area contributed by atoms with Crippen molar-refractivity contribution in [2.45, 2.75) is 36.7 Å². The molecule has 0 spiro atoms. The van der Waals surface area contributed by atoms with E-state index in [2.05, 4.69) is 15.3 Å². The predicted molar refractivity (Wildman–Crippen MR) is 186 cm³/mol. The lowest BCUT2D eigenvalue weighted by molar-refractivity contribution is -0.385. The van der Waals surface area contributed by atoms with Crippen molar-refractivity contribution in [3.63, 3.8) is 0 Å². The number of fused-ring (bicyclic) bond motifs is 1. The topological polar surface area (TPSA) is 186 Å². The predicted octanol–water partition coefficient (Wildman–Crippen LogP) is 3.59. The molecule has 0 radical (unpaired) electrons. The number of para-hydroxylation sites is 1. The molecule has 1 aliphatic rings. The van der Waals surface area contributed by atoms with Gasteiger partial charge in [-0.15, -0.1) is 5.10 Å². The van der Waals surface area contributed by atoms with Crippen LogP contribution in [0.15, 0.2) is 114 Å². The fourth-order valence-corrected chi connectivity index (χ4v) is 6.52. The van der Waals surface area contributed by atoms with Crippen LogP contribution in [0.3, 0.4) is 0 Å². The van der Waals surface area contributed by atoms with Gasteiger partial charge in [0, 0.05) is 6.07 Å². The van der Waals surface area contributed by atoms with Gasteiger partial charge in [-0.2, -0.15) is 0 Å². The highest BCUT2D eigenvalue weighted by atomic mass is 16.6. The van der Waals surface area contributed by atoms with E-state index in [-0.39, 0.29) is 35.6 Å². The number of benzene rings is 4. The minimum atomic E-state index is -1.46. The molecule has 15 nitrogen and oxygen atoms in total. The Morgan fingerprint density at radius 2 is 1.44 bits per heavy atom. The van der Waals surface area contributed by atoms with Crippen molar-refractivity contribution < 1.29 is 34.1 Å². The van der Waals surface area contributed by atoms with Crippen molar-refractivity contribution in [1.82, 2.24) is 24.5 Å². The van der Waals surface area contributed by atoms with Crippen LogP contribution >= 0.6 is 0 Å². The van der Waals surface area contributed by atoms with Gasteiger partial charge in [0.15, 0.2) is 17.4 Å². The highest BCUT2D eigenvalue weighted by Crippen LogP contribution is 2.43. The van der Waals surface area contributed by atoms with Crippen LogP contribution in [0, 0.1) is 10.1 Å². The summed E-state index contributed by atoms with van der Waals surface area (Å²) >= 11 is 0. The number of aliphatic hydroxyl groups excluding tert-OH is 2. The lowest BCUT2D eigenvalue weighted by Crippen LogP contribution is -2.39. The van der Waals surface area contributed by atoms with E-state index < -0.39 is 40.6 Å². The highest BCUT2D eigenvalue weighted by molar-refractivity contribution is 5.68. The molecule has 2 aromatic heterocycles. The molecule has 4 unspecified atom stereocenters. The molecule has 4 atom stereocenters. The first-order valence-electron chi connectivity index (χ1n) is 16.3. The number of rotatable bonds is 12.